The molecule has 106 valence electrons. The maximum Gasteiger partial charge on any atom is 0.349 e. The van der Waals surface area contributed by atoms with Gasteiger partial charge in [0, 0.05) is 6.54 Å². The molecular weight excluding hydrogens is 276 g/mol. The second kappa shape index (κ2) is 7.49. The highest BCUT2D eigenvalue weighted by atomic mass is 32.1. The van der Waals surface area contributed by atoms with Crippen molar-refractivity contribution < 1.29 is 14.3 Å². The average Bonchev–Trinajstić information content (AvgIpc) is 2.96. The van der Waals surface area contributed by atoms with Crippen LogP contribution in [-0.2, 0) is 4.74 Å². The third-order valence-corrected chi connectivity index (χ3v) is 3.44. The number of ether oxygens (including phenoxy) is 2. The van der Waals surface area contributed by atoms with Crippen molar-refractivity contribution in [2.24, 2.45) is 0 Å². The molecule has 1 aromatic carbocycles. The molecule has 0 aliphatic carbocycles. The average molecular weight is 292 g/mol. The van der Waals surface area contributed by atoms with Crippen LogP contribution >= 0.6 is 11.3 Å². The smallest absolute Gasteiger partial charge is 0.349 e. The van der Waals surface area contributed by atoms with E-state index in [1.54, 1.807) is 0 Å². The summed E-state index contributed by atoms with van der Waals surface area (Å²) in [4.78, 5) is 15.9. The van der Waals surface area contributed by atoms with Crippen molar-refractivity contribution in [3.63, 3.8) is 0 Å². The fourth-order valence-electron chi connectivity index (χ4n) is 1.53. The third-order valence-electron chi connectivity index (χ3n) is 2.50. The minimum absolute atomic E-state index is 0.358. The predicted octanol–water partition coefficient (Wildman–Crippen LogP) is 2.81. The number of rotatable bonds is 7. The molecule has 0 unspecified atom stereocenters. The summed E-state index contributed by atoms with van der Waals surface area (Å²) in [7, 11) is 1.36. The van der Waals surface area contributed by atoms with Gasteiger partial charge in [-0.3, -0.25) is 0 Å². The Balaban J connectivity index is 1.66. The molecule has 20 heavy (non-hydrogen) atoms. The standard InChI is InChI=1S/C14H16N2O3S/c1-18-13(17)12-10-16-14(20-12)15-8-5-9-19-11-6-3-2-4-7-11/h2-4,6-7,10H,5,8-9H2,1H3,(H,15,16). The Bertz CT molecular complexity index is 542. The topological polar surface area (TPSA) is 60.5 Å². The monoisotopic (exact) mass is 292 g/mol. The molecule has 0 amide bonds. The SMILES string of the molecule is COC(=O)c1cnc(NCCCOc2ccccc2)s1. The summed E-state index contributed by atoms with van der Waals surface area (Å²) in [6.45, 7) is 1.37. The van der Waals surface area contributed by atoms with Crippen LogP contribution in [0.4, 0.5) is 5.13 Å². The van der Waals surface area contributed by atoms with Gasteiger partial charge in [0.25, 0.3) is 0 Å². The van der Waals surface area contributed by atoms with Crippen molar-refractivity contribution >= 4 is 22.4 Å². The Labute approximate surface area is 121 Å². The van der Waals surface area contributed by atoms with Gasteiger partial charge in [0.05, 0.1) is 19.9 Å². The third kappa shape index (κ3) is 4.24. The van der Waals surface area contributed by atoms with Crippen molar-refractivity contribution in [2.45, 2.75) is 6.42 Å². The van der Waals surface area contributed by atoms with E-state index < -0.39 is 0 Å². The quantitative estimate of drug-likeness (QED) is 0.628. The molecule has 0 aliphatic heterocycles. The largest absolute Gasteiger partial charge is 0.494 e. The van der Waals surface area contributed by atoms with Crippen LogP contribution in [0.2, 0.25) is 0 Å². The van der Waals surface area contributed by atoms with Crippen LogP contribution in [0.1, 0.15) is 16.1 Å². The molecule has 1 N–H and O–H groups in total. The van der Waals surface area contributed by atoms with Crippen LogP contribution in [-0.4, -0.2) is 31.2 Å². The first kappa shape index (κ1) is 14.3. The number of carbonyl (C=O) groups excluding carboxylic acids is 1. The van der Waals surface area contributed by atoms with Crippen molar-refractivity contribution in [1.82, 2.24) is 4.98 Å². The first-order chi connectivity index (χ1) is 9.79. The molecule has 0 spiro atoms. The Morgan fingerprint density at radius 3 is 2.90 bits per heavy atom. The molecule has 0 bridgehead atoms. The number of esters is 1. The highest BCUT2D eigenvalue weighted by Crippen LogP contribution is 2.18. The number of nitrogens with one attached hydrogen (secondary N) is 1. The van der Waals surface area contributed by atoms with Crippen molar-refractivity contribution in [1.29, 1.82) is 0 Å². The number of carbonyl (C=O) groups is 1. The number of hydrogen-bond acceptors (Lipinski definition) is 6. The molecule has 2 rings (SSSR count). The van der Waals surface area contributed by atoms with Crippen molar-refractivity contribution in [3.05, 3.63) is 41.4 Å². The summed E-state index contributed by atoms with van der Waals surface area (Å²) in [6.07, 6.45) is 2.36. The number of thiazole rings is 1. The Hall–Kier alpha value is -2.08. The molecular formula is C14H16N2O3S. The Morgan fingerprint density at radius 1 is 1.35 bits per heavy atom. The predicted molar refractivity (Wildman–Crippen MR) is 78.5 cm³/mol. The van der Waals surface area contributed by atoms with E-state index in [9.17, 15) is 4.79 Å². The first-order valence-corrected chi connectivity index (χ1v) is 7.07. The lowest BCUT2D eigenvalue weighted by molar-refractivity contribution is 0.0606. The fourth-order valence-corrected chi connectivity index (χ4v) is 2.29. The van der Waals surface area contributed by atoms with E-state index in [1.165, 1.54) is 24.6 Å². The summed E-state index contributed by atoms with van der Waals surface area (Å²) >= 11 is 1.28. The normalized spacial score (nSPS) is 10.1. The number of methoxy groups -OCH3 is 1. The Morgan fingerprint density at radius 2 is 2.15 bits per heavy atom. The van der Waals surface area contributed by atoms with Crippen LogP contribution in [0.3, 0.4) is 0 Å². The van der Waals surface area contributed by atoms with E-state index >= 15 is 0 Å². The minimum atomic E-state index is -0.358. The van der Waals surface area contributed by atoms with Gasteiger partial charge in [-0.05, 0) is 18.6 Å². The lowest BCUT2D eigenvalue weighted by atomic mass is 10.3. The van der Waals surface area contributed by atoms with Gasteiger partial charge in [-0.25, -0.2) is 9.78 Å². The van der Waals surface area contributed by atoms with E-state index in [-0.39, 0.29) is 5.97 Å². The maximum atomic E-state index is 11.3. The second-order valence-corrected chi connectivity index (χ2v) is 4.99. The maximum absolute atomic E-state index is 11.3. The van der Waals surface area contributed by atoms with E-state index in [0.29, 0.717) is 16.6 Å². The minimum Gasteiger partial charge on any atom is -0.494 e. The lowest BCUT2D eigenvalue weighted by Crippen LogP contribution is -2.06. The van der Waals surface area contributed by atoms with Crippen molar-refractivity contribution in [2.75, 3.05) is 25.6 Å². The molecule has 0 atom stereocenters. The number of anilines is 1. The van der Waals surface area contributed by atoms with E-state index in [4.69, 9.17) is 4.74 Å². The van der Waals surface area contributed by atoms with Gasteiger partial charge >= 0.3 is 5.97 Å². The van der Waals surface area contributed by atoms with E-state index in [1.807, 2.05) is 30.3 Å². The summed E-state index contributed by atoms with van der Waals surface area (Å²) in [5, 5.41) is 3.86. The van der Waals surface area contributed by atoms with Gasteiger partial charge in [-0.15, -0.1) is 0 Å². The molecule has 5 nitrogen and oxygen atoms in total. The van der Waals surface area contributed by atoms with Crippen LogP contribution in [0.5, 0.6) is 5.75 Å². The molecule has 0 saturated heterocycles. The molecule has 0 saturated carbocycles. The van der Waals surface area contributed by atoms with Crippen molar-refractivity contribution in [3.8, 4) is 5.75 Å². The fraction of sp³-hybridized carbons (Fsp3) is 0.286. The molecule has 1 aromatic heterocycles. The summed E-state index contributed by atoms with van der Waals surface area (Å²) in [6, 6.07) is 9.69. The van der Waals surface area contributed by atoms with Gasteiger partial charge < -0.3 is 14.8 Å². The van der Waals surface area contributed by atoms with Gasteiger partial charge in [0.1, 0.15) is 10.6 Å². The molecule has 0 fully saturated rings. The van der Waals surface area contributed by atoms with Gasteiger partial charge in [0.15, 0.2) is 5.13 Å². The Kier molecular flexibility index (Phi) is 5.37. The molecule has 2 aromatic rings. The molecule has 0 radical (unpaired) electrons. The second-order valence-electron chi connectivity index (χ2n) is 3.96. The first-order valence-electron chi connectivity index (χ1n) is 6.25. The summed E-state index contributed by atoms with van der Waals surface area (Å²) in [5.74, 6) is 0.512. The van der Waals surface area contributed by atoms with Crippen LogP contribution in [0.25, 0.3) is 0 Å². The van der Waals surface area contributed by atoms with Gasteiger partial charge in [0.2, 0.25) is 0 Å². The van der Waals surface area contributed by atoms with E-state index in [2.05, 4.69) is 15.0 Å². The lowest BCUT2D eigenvalue weighted by Gasteiger charge is -2.06. The zero-order valence-corrected chi connectivity index (χ0v) is 12.0. The van der Waals surface area contributed by atoms with Gasteiger partial charge in [-0.2, -0.15) is 0 Å². The van der Waals surface area contributed by atoms with Crippen LogP contribution < -0.4 is 10.1 Å². The zero-order valence-electron chi connectivity index (χ0n) is 11.2. The van der Waals surface area contributed by atoms with Crippen LogP contribution in [0, 0.1) is 0 Å². The number of hydrogen-bond donors (Lipinski definition) is 1. The molecule has 6 heteroatoms. The van der Waals surface area contributed by atoms with Gasteiger partial charge in [-0.1, -0.05) is 29.5 Å². The number of nitrogens with zero attached hydrogens (tertiary/aromatic N) is 1. The summed E-state index contributed by atoms with van der Waals surface area (Å²) in [5.41, 5.74) is 0. The highest BCUT2D eigenvalue weighted by Gasteiger charge is 2.09. The van der Waals surface area contributed by atoms with E-state index in [0.717, 1.165) is 18.7 Å². The zero-order chi connectivity index (χ0) is 14.2. The number of para-hydroxylation sites is 1. The molecule has 0 aliphatic rings. The molecule has 1 heterocycles. The number of benzene rings is 1. The summed E-state index contributed by atoms with van der Waals surface area (Å²) < 4.78 is 10.2. The van der Waals surface area contributed by atoms with Crippen LogP contribution in [0.15, 0.2) is 36.5 Å². The number of aromatic nitrogens is 1. The highest BCUT2D eigenvalue weighted by molar-refractivity contribution is 7.17.